The van der Waals surface area contributed by atoms with Gasteiger partial charge in [-0.15, -0.1) is 0 Å². The van der Waals surface area contributed by atoms with Crippen LogP contribution in [0, 0.1) is 0 Å². The zero-order valence-corrected chi connectivity index (χ0v) is 13.5. The molecule has 3 aromatic heterocycles. The van der Waals surface area contributed by atoms with Crippen molar-refractivity contribution in [3.8, 4) is 22.8 Å². The molecule has 0 aliphatic rings. The predicted octanol–water partition coefficient (Wildman–Crippen LogP) is 5.22. The maximum Gasteiger partial charge on any atom is 0.163 e. The first-order valence-electron chi connectivity index (χ1n) is 8.28. The topological polar surface area (TPSA) is 30.2 Å². The van der Waals surface area contributed by atoms with Gasteiger partial charge in [-0.1, -0.05) is 60.7 Å². The van der Waals surface area contributed by atoms with Crippen molar-refractivity contribution >= 4 is 16.3 Å². The molecule has 0 amide bonds. The molecule has 3 heteroatoms. The van der Waals surface area contributed by atoms with Gasteiger partial charge in [-0.25, -0.2) is 4.98 Å². The van der Waals surface area contributed by atoms with E-state index in [0.29, 0.717) is 0 Å². The van der Waals surface area contributed by atoms with Gasteiger partial charge in [0, 0.05) is 23.3 Å². The molecule has 0 radical (unpaired) electrons. The lowest BCUT2D eigenvalue weighted by molar-refractivity contribution is 1.14. The van der Waals surface area contributed by atoms with Crippen molar-refractivity contribution in [1.29, 1.82) is 0 Å². The highest BCUT2D eigenvalue weighted by atomic mass is 15.0. The molecule has 5 rings (SSSR count). The van der Waals surface area contributed by atoms with Crippen LogP contribution < -0.4 is 0 Å². The minimum atomic E-state index is 0.861. The Labute approximate surface area is 145 Å². The fraction of sp³-hybridized carbons (Fsp3) is 0. The molecule has 5 aromatic rings. The first-order chi connectivity index (χ1) is 12.4. The lowest BCUT2D eigenvalue weighted by Gasteiger charge is -2.05. The Morgan fingerprint density at radius 2 is 1.52 bits per heavy atom. The van der Waals surface area contributed by atoms with Gasteiger partial charge in [-0.3, -0.25) is 9.38 Å². The van der Waals surface area contributed by atoms with Crippen LogP contribution in [0.15, 0.2) is 91.3 Å². The fourth-order valence-corrected chi connectivity index (χ4v) is 3.32. The van der Waals surface area contributed by atoms with E-state index >= 15 is 0 Å². The van der Waals surface area contributed by atoms with Gasteiger partial charge in [-0.05, 0) is 23.6 Å². The molecule has 0 fully saturated rings. The summed E-state index contributed by atoms with van der Waals surface area (Å²) in [5.41, 5.74) is 4.08. The van der Waals surface area contributed by atoms with Crippen molar-refractivity contribution in [2.24, 2.45) is 0 Å². The second kappa shape index (κ2) is 5.56. The van der Waals surface area contributed by atoms with E-state index < -0.39 is 0 Å². The Bertz CT molecular complexity index is 1180. The number of hydrogen-bond acceptors (Lipinski definition) is 2. The minimum Gasteiger partial charge on any atom is -0.297 e. The zero-order chi connectivity index (χ0) is 16.6. The summed E-state index contributed by atoms with van der Waals surface area (Å²) >= 11 is 0. The van der Waals surface area contributed by atoms with E-state index in [0.717, 1.165) is 28.3 Å². The van der Waals surface area contributed by atoms with Crippen LogP contribution in [0.25, 0.3) is 39.1 Å². The van der Waals surface area contributed by atoms with Crippen LogP contribution in [-0.2, 0) is 0 Å². The quantitative estimate of drug-likeness (QED) is 0.446. The summed E-state index contributed by atoms with van der Waals surface area (Å²) in [6.45, 7) is 0. The van der Waals surface area contributed by atoms with Crippen molar-refractivity contribution < 1.29 is 0 Å². The molecule has 2 aromatic carbocycles. The van der Waals surface area contributed by atoms with Crippen LogP contribution in [0.2, 0.25) is 0 Å². The smallest absolute Gasteiger partial charge is 0.163 e. The summed E-state index contributed by atoms with van der Waals surface area (Å²) in [7, 11) is 0. The van der Waals surface area contributed by atoms with E-state index in [1.807, 2.05) is 36.4 Å². The van der Waals surface area contributed by atoms with Gasteiger partial charge in [-0.2, -0.15) is 0 Å². The number of rotatable bonds is 2. The lowest BCUT2D eigenvalue weighted by atomic mass is 10.1. The lowest BCUT2D eigenvalue weighted by Crippen LogP contribution is -1.91. The SMILES string of the molecule is c1ccc(-c2nc(-c3ccccn3)n3ccc4ccccc4c23)cc1. The van der Waals surface area contributed by atoms with E-state index in [1.165, 1.54) is 10.8 Å². The third kappa shape index (κ3) is 2.21. The van der Waals surface area contributed by atoms with E-state index in [9.17, 15) is 0 Å². The molecule has 0 N–H and O–H groups in total. The van der Waals surface area contributed by atoms with Crippen LogP contribution >= 0.6 is 0 Å². The number of imidazole rings is 1. The number of pyridine rings is 2. The van der Waals surface area contributed by atoms with Crippen LogP contribution in [0.3, 0.4) is 0 Å². The van der Waals surface area contributed by atoms with E-state index in [4.69, 9.17) is 4.98 Å². The third-order valence-corrected chi connectivity index (χ3v) is 4.47. The third-order valence-electron chi connectivity index (χ3n) is 4.47. The number of nitrogens with zero attached hydrogens (tertiary/aromatic N) is 3. The van der Waals surface area contributed by atoms with Crippen molar-refractivity contribution in [3.05, 3.63) is 91.3 Å². The maximum atomic E-state index is 4.98. The van der Waals surface area contributed by atoms with Gasteiger partial charge in [0.2, 0.25) is 0 Å². The molecule has 118 valence electrons. The largest absolute Gasteiger partial charge is 0.297 e. The zero-order valence-electron chi connectivity index (χ0n) is 13.5. The number of fused-ring (bicyclic) bond motifs is 3. The monoisotopic (exact) mass is 321 g/mol. The van der Waals surface area contributed by atoms with Gasteiger partial charge in [0.05, 0.1) is 11.2 Å². The molecule has 0 saturated carbocycles. The second-order valence-electron chi connectivity index (χ2n) is 5.99. The van der Waals surface area contributed by atoms with Gasteiger partial charge in [0.1, 0.15) is 5.69 Å². The molecule has 25 heavy (non-hydrogen) atoms. The summed E-state index contributed by atoms with van der Waals surface area (Å²) in [5.74, 6) is 0.861. The molecule has 0 unspecified atom stereocenters. The maximum absolute atomic E-state index is 4.98. The van der Waals surface area contributed by atoms with Crippen molar-refractivity contribution in [1.82, 2.24) is 14.4 Å². The molecule has 0 atom stereocenters. The van der Waals surface area contributed by atoms with Crippen LogP contribution in [0.5, 0.6) is 0 Å². The molecule has 3 heterocycles. The van der Waals surface area contributed by atoms with Crippen molar-refractivity contribution in [2.75, 3.05) is 0 Å². The summed E-state index contributed by atoms with van der Waals surface area (Å²) < 4.78 is 2.15. The molecule has 0 bridgehead atoms. The average Bonchev–Trinajstić information content (AvgIpc) is 3.09. The van der Waals surface area contributed by atoms with Gasteiger partial charge >= 0.3 is 0 Å². The highest BCUT2D eigenvalue weighted by molar-refractivity contribution is 6.03. The average molecular weight is 321 g/mol. The first kappa shape index (κ1) is 13.9. The molecular formula is C22H15N3. The number of benzene rings is 2. The molecule has 0 aliphatic carbocycles. The fourth-order valence-electron chi connectivity index (χ4n) is 3.32. The van der Waals surface area contributed by atoms with Crippen LogP contribution in [0.4, 0.5) is 0 Å². The van der Waals surface area contributed by atoms with Gasteiger partial charge < -0.3 is 0 Å². The summed E-state index contributed by atoms with van der Waals surface area (Å²) in [4.78, 5) is 9.48. The molecule has 0 aliphatic heterocycles. The first-order valence-corrected chi connectivity index (χ1v) is 8.28. The van der Waals surface area contributed by atoms with Crippen molar-refractivity contribution in [3.63, 3.8) is 0 Å². The summed E-state index contributed by atoms with van der Waals surface area (Å²) in [6.07, 6.45) is 3.89. The van der Waals surface area contributed by atoms with E-state index in [2.05, 4.69) is 58.0 Å². The number of hydrogen-bond donors (Lipinski definition) is 0. The standard InChI is InChI=1S/C22H15N3/c1-2-9-17(10-3-1)20-21-18-11-5-4-8-16(18)13-15-25(21)22(24-20)19-12-6-7-14-23-19/h1-15H. The Balaban J connectivity index is 1.94. The normalized spacial score (nSPS) is 11.2. The van der Waals surface area contributed by atoms with E-state index in [-0.39, 0.29) is 0 Å². The Morgan fingerprint density at radius 1 is 0.720 bits per heavy atom. The Morgan fingerprint density at radius 3 is 2.36 bits per heavy atom. The van der Waals surface area contributed by atoms with Gasteiger partial charge in [0.15, 0.2) is 5.82 Å². The minimum absolute atomic E-state index is 0.861. The Kier molecular flexibility index (Phi) is 3.10. The van der Waals surface area contributed by atoms with Gasteiger partial charge in [0.25, 0.3) is 0 Å². The predicted molar refractivity (Wildman–Crippen MR) is 101 cm³/mol. The molecule has 0 saturated heterocycles. The number of aromatic nitrogens is 3. The van der Waals surface area contributed by atoms with Crippen LogP contribution in [0.1, 0.15) is 0 Å². The summed E-state index contributed by atoms with van der Waals surface area (Å²) in [5, 5.41) is 2.40. The van der Waals surface area contributed by atoms with Crippen molar-refractivity contribution in [2.45, 2.75) is 0 Å². The van der Waals surface area contributed by atoms with E-state index in [1.54, 1.807) is 6.20 Å². The van der Waals surface area contributed by atoms with Crippen LogP contribution in [-0.4, -0.2) is 14.4 Å². The summed E-state index contributed by atoms with van der Waals surface area (Å²) in [6, 6.07) is 26.8. The molecule has 0 spiro atoms. The molecular weight excluding hydrogens is 306 g/mol. The molecule has 3 nitrogen and oxygen atoms in total. The Hall–Kier alpha value is -3.46. The highest BCUT2D eigenvalue weighted by Gasteiger charge is 2.16. The second-order valence-corrected chi connectivity index (χ2v) is 5.99. The highest BCUT2D eigenvalue weighted by Crippen LogP contribution is 2.33.